The Morgan fingerprint density at radius 1 is 0.929 bits per heavy atom. The highest BCUT2D eigenvalue weighted by atomic mass is 79.9. The van der Waals surface area contributed by atoms with Gasteiger partial charge in [-0.1, -0.05) is 12.1 Å². The minimum absolute atomic E-state index is 0.0663. The van der Waals surface area contributed by atoms with Crippen molar-refractivity contribution >= 4 is 51.1 Å². The fourth-order valence-corrected chi connectivity index (χ4v) is 4.75. The van der Waals surface area contributed by atoms with E-state index in [1.165, 1.54) is 0 Å². The molecule has 0 fully saturated rings. The number of ketones is 2. The Kier molecular flexibility index (Phi) is 11.7. The number of carbonyl (C=O) groups excluding carboxylic acids is 5. The van der Waals surface area contributed by atoms with Crippen molar-refractivity contribution in [3.05, 3.63) is 80.6 Å². The van der Waals surface area contributed by atoms with Crippen LogP contribution in [-0.2, 0) is 19.1 Å². The molecule has 1 atom stereocenters. The number of rotatable bonds is 12. The van der Waals surface area contributed by atoms with Crippen molar-refractivity contribution in [3.63, 3.8) is 0 Å². The van der Waals surface area contributed by atoms with Gasteiger partial charge in [0.15, 0.2) is 11.6 Å². The van der Waals surface area contributed by atoms with E-state index < -0.39 is 12.0 Å². The average Bonchev–Trinajstić information content (AvgIpc) is 2.99. The lowest BCUT2D eigenvalue weighted by atomic mass is 9.86. The van der Waals surface area contributed by atoms with Gasteiger partial charge in [-0.2, -0.15) is 0 Å². The van der Waals surface area contributed by atoms with Crippen LogP contribution >= 0.6 is 15.9 Å². The van der Waals surface area contributed by atoms with Crippen LogP contribution in [0.4, 0.5) is 10.5 Å². The monoisotopic (exact) mass is 638 g/mol. The van der Waals surface area contributed by atoms with Gasteiger partial charge in [0.05, 0.1) is 24.8 Å². The fourth-order valence-electron chi connectivity index (χ4n) is 4.25. The lowest BCUT2D eigenvalue weighted by Crippen LogP contribution is -2.32. The van der Waals surface area contributed by atoms with Gasteiger partial charge in [0.25, 0.3) is 5.91 Å². The number of ether oxygens (including phenoxy) is 1. The molecule has 1 aliphatic rings. The first-order chi connectivity index (χ1) is 20.0. The summed E-state index contributed by atoms with van der Waals surface area (Å²) in [6, 6.07) is 10.4. The molecule has 0 radical (unpaired) electrons. The molecule has 1 aliphatic carbocycles. The highest BCUT2D eigenvalue weighted by Crippen LogP contribution is 2.28. The molecule has 3 amide bonds. The van der Waals surface area contributed by atoms with E-state index in [-0.39, 0.29) is 42.1 Å². The van der Waals surface area contributed by atoms with Gasteiger partial charge in [-0.05, 0) is 92.7 Å². The SMILES string of the molecule is CC1=C(C)C(=O)C(CNC(=O)OCCCCCNC(=O)C(C)c2ccc(NC(=O)c3ccccn3)c(Br)c2)=C(C)C1=O. The number of hydrogen-bond acceptors (Lipinski definition) is 7. The third kappa shape index (κ3) is 8.45. The first kappa shape index (κ1) is 32.4. The largest absolute Gasteiger partial charge is 0.450 e. The topological polar surface area (TPSA) is 144 Å². The van der Waals surface area contributed by atoms with Crippen LogP contribution in [0.2, 0.25) is 0 Å². The number of alkyl carbamates (subject to hydrolysis) is 1. The van der Waals surface area contributed by atoms with Crippen molar-refractivity contribution < 1.29 is 28.7 Å². The molecule has 0 spiro atoms. The number of halogens is 1. The molecule has 0 saturated carbocycles. The number of benzene rings is 1. The highest BCUT2D eigenvalue weighted by Gasteiger charge is 2.28. The van der Waals surface area contributed by atoms with Gasteiger partial charge in [0.1, 0.15) is 5.69 Å². The fraction of sp³-hybridized carbons (Fsp3) is 0.355. The molecule has 2 aromatic rings. The molecule has 0 bridgehead atoms. The molecule has 3 N–H and O–H groups in total. The number of nitrogens with zero attached hydrogens (tertiary/aromatic N) is 1. The number of hydrogen-bond donors (Lipinski definition) is 3. The lowest BCUT2D eigenvalue weighted by molar-refractivity contribution is -0.122. The van der Waals surface area contributed by atoms with E-state index in [1.54, 1.807) is 63.4 Å². The van der Waals surface area contributed by atoms with Crippen LogP contribution in [0.15, 0.2) is 69.4 Å². The number of anilines is 1. The molecular formula is C31H35BrN4O6. The summed E-state index contributed by atoms with van der Waals surface area (Å²) in [4.78, 5) is 65.8. The van der Waals surface area contributed by atoms with Crippen LogP contribution in [0.1, 0.15) is 68.9 Å². The molecule has 42 heavy (non-hydrogen) atoms. The van der Waals surface area contributed by atoms with Crippen molar-refractivity contribution in [1.29, 1.82) is 0 Å². The zero-order valence-corrected chi connectivity index (χ0v) is 25.7. The molecule has 222 valence electrons. The van der Waals surface area contributed by atoms with E-state index >= 15 is 0 Å². The maximum absolute atomic E-state index is 12.7. The van der Waals surface area contributed by atoms with Gasteiger partial charge in [-0.3, -0.25) is 24.2 Å². The first-order valence-corrected chi connectivity index (χ1v) is 14.5. The molecule has 1 aromatic heterocycles. The van der Waals surface area contributed by atoms with Gasteiger partial charge in [0.2, 0.25) is 5.91 Å². The predicted octanol–water partition coefficient (Wildman–Crippen LogP) is 5.02. The van der Waals surface area contributed by atoms with Gasteiger partial charge in [0, 0.05) is 39.5 Å². The van der Waals surface area contributed by atoms with Crippen molar-refractivity contribution in [2.45, 2.75) is 52.9 Å². The van der Waals surface area contributed by atoms with Crippen LogP contribution in [0.25, 0.3) is 0 Å². The van der Waals surface area contributed by atoms with E-state index in [2.05, 4.69) is 36.9 Å². The number of allylic oxidation sites excluding steroid dienone is 3. The molecular weight excluding hydrogens is 604 g/mol. The zero-order valence-electron chi connectivity index (χ0n) is 24.1. The molecule has 1 unspecified atom stereocenters. The quantitative estimate of drug-likeness (QED) is 0.219. The first-order valence-electron chi connectivity index (χ1n) is 13.7. The van der Waals surface area contributed by atoms with E-state index in [9.17, 15) is 24.0 Å². The van der Waals surface area contributed by atoms with Crippen LogP contribution in [0.5, 0.6) is 0 Å². The van der Waals surface area contributed by atoms with Crippen LogP contribution in [-0.4, -0.2) is 54.2 Å². The summed E-state index contributed by atoms with van der Waals surface area (Å²) < 4.78 is 5.82. The summed E-state index contributed by atoms with van der Waals surface area (Å²) in [5, 5.41) is 8.27. The Morgan fingerprint density at radius 3 is 2.36 bits per heavy atom. The number of unbranched alkanes of at least 4 members (excludes halogenated alkanes) is 2. The van der Waals surface area contributed by atoms with Gasteiger partial charge >= 0.3 is 6.09 Å². The molecule has 3 rings (SSSR count). The number of aromatic nitrogens is 1. The molecule has 0 aliphatic heterocycles. The van der Waals surface area contributed by atoms with Crippen molar-refractivity contribution in [1.82, 2.24) is 15.6 Å². The number of pyridine rings is 1. The molecule has 1 heterocycles. The smallest absolute Gasteiger partial charge is 0.407 e. The van der Waals surface area contributed by atoms with Crippen molar-refractivity contribution in [2.24, 2.45) is 0 Å². The highest BCUT2D eigenvalue weighted by molar-refractivity contribution is 9.10. The van der Waals surface area contributed by atoms with E-state index in [1.807, 2.05) is 6.92 Å². The van der Waals surface area contributed by atoms with Crippen LogP contribution < -0.4 is 16.0 Å². The zero-order chi connectivity index (χ0) is 30.8. The second kappa shape index (κ2) is 15.2. The minimum atomic E-state index is -0.657. The number of nitrogens with one attached hydrogen (secondary N) is 3. The molecule has 1 aromatic carbocycles. The lowest BCUT2D eigenvalue weighted by Gasteiger charge is -2.18. The maximum Gasteiger partial charge on any atom is 0.407 e. The molecule has 10 nitrogen and oxygen atoms in total. The van der Waals surface area contributed by atoms with E-state index in [4.69, 9.17) is 4.74 Å². The number of amides is 3. The molecule has 11 heteroatoms. The number of Topliss-reactive ketones (excluding diaryl/α,β-unsaturated/α-hetero) is 2. The standard InChI is InChI=1S/C31H35BrN4O6/c1-18-19(2)28(38)23(21(4)27(18)37)17-35-31(41)42-15-9-5-7-14-34-29(39)20(3)22-11-12-25(24(32)16-22)36-30(40)26-10-6-8-13-33-26/h6,8,10-13,16,20H,5,7,9,14-15,17H2,1-4H3,(H,34,39)(H,35,41)(H,36,40). The third-order valence-electron chi connectivity index (χ3n) is 7.11. The Balaban J connectivity index is 1.33. The van der Waals surface area contributed by atoms with Crippen LogP contribution in [0.3, 0.4) is 0 Å². The second-order valence-corrected chi connectivity index (χ2v) is 10.8. The third-order valence-corrected chi connectivity index (χ3v) is 7.76. The maximum atomic E-state index is 12.7. The summed E-state index contributed by atoms with van der Waals surface area (Å²) in [6.07, 6.45) is 2.94. The van der Waals surface area contributed by atoms with E-state index in [0.717, 1.165) is 12.0 Å². The van der Waals surface area contributed by atoms with Gasteiger partial charge in [-0.25, -0.2) is 4.79 Å². The normalized spacial score (nSPS) is 14.0. The Bertz CT molecular complexity index is 1430. The Hall–Kier alpha value is -4.12. The summed E-state index contributed by atoms with van der Waals surface area (Å²) in [5.41, 5.74) is 3.12. The minimum Gasteiger partial charge on any atom is -0.450 e. The van der Waals surface area contributed by atoms with Crippen LogP contribution in [0, 0.1) is 0 Å². The summed E-state index contributed by atoms with van der Waals surface area (Å²) in [5.74, 6) is -1.28. The van der Waals surface area contributed by atoms with Gasteiger partial charge in [-0.15, -0.1) is 0 Å². The predicted molar refractivity (Wildman–Crippen MR) is 162 cm³/mol. The van der Waals surface area contributed by atoms with Gasteiger partial charge < -0.3 is 20.7 Å². The Labute approximate surface area is 253 Å². The average molecular weight is 640 g/mol. The second-order valence-electron chi connectivity index (χ2n) is 9.98. The summed E-state index contributed by atoms with van der Waals surface area (Å²) >= 11 is 3.47. The van der Waals surface area contributed by atoms with Crippen molar-refractivity contribution in [2.75, 3.05) is 25.0 Å². The Morgan fingerprint density at radius 2 is 1.67 bits per heavy atom. The molecule has 0 saturated heterocycles. The van der Waals surface area contributed by atoms with E-state index in [0.29, 0.717) is 52.0 Å². The summed E-state index contributed by atoms with van der Waals surface area (Å²) in [6.45, 7) is 7.22. The summed E-state index contributed by atoms with van der Waals surface area (Å²) in [7, 11) is 0. The van der Waals surface area contributed by atoms with Crippen molar-refractivity contribution in [3.8, 4) is 0 Å². The number of carbonyl (C=O) groups is 5.